The third-order valence-corrected chi connectivity index (χ3v) is 7.01. The van der Waals surface area contributed by atoms with Crippen LogP contribution in [0, 0.1) is 28.1 Å². The molecule has 0 amide bonds. The Hall–Kier alpha value is -1.38. The van der Waals surface area contributed by atoms with E-state index in [9.17, 15) is 14.7 Å². The van der Waals surface area contributed by atoms with Gasteiger partial charge < -0.3 is 5.11 Å². The summed E-state index contributed by atoms with van der Waals surface area (Å²) in [5.41, 5.74) is -0.255. The fraction of sp³-hybridized carbons (Fsp3) is 0.700. The van der Waals surface area contributed by atoms with Crippen molar-refractivity contribution in [1.29, 1.82) is 0 Å². The number of carbonyl (C=O) groups excluding carboxylic acids is 1. The lowest BCUT2D eigenvalue weighted by Gasteiger charge is -2.57. The first-order valence-corrected chi connectivity index (χ1v) is 8.79. The van der Waals surface area contributed by atoms with Crippen molar-refractivity contribution in [1.82, 2.24) is 0 Å². The van der Waals surface area contributed by atoms with Crippen molar-refractivity contribution in [2.45, 2.75) is 59.3 Å². The highest BCUT2D eigenvalue weighted by Crippen LogP contribution is 2.63. The molecule has 0 radical (unpaired) electrons. The smallest absolute Gasteiger partial charge is 0.310 e. The summed E-state index contributed by atoms with van der Waals surface area (Å²) in [6, 6.07) is 0. The number of ketones is 1. The minimum absolute atomic E-state index is 0.0519. The summed E-state index contributed by atoms with van der Waals surface area (Å²) in [7, 11) is 0. The van der Waals surface area contributed by atoms with E-state index in [4.69, 9.17) is 0 Å². The maximum absolute atomic E-state index is 12.8. The molecule has 0 spiro atoms. The quantitative estimate of drug-likeness (QED) is 0.769. The first kappa shape index (κ1) is 16.5. The van der Waals surface area contributed by atoms with E-state index >= 15 is 0 Å². The lowest BCUT2D eigenvalue weighted by atomic mass is 9.44. The van der Waals surface area contributed by atoms with Crippen LogP contribution in [0.2, 0.25) is 0 Å². The van der Waals surface area contributed by atoms with Gasteiger partial charge in [0.2, 0.25) is 0 Å². The first-order chi connectivity index (χ1) is 10.7. The summed E-state index contributed by atoms with van der Waals surface area (Å²) >= 11 is 0. The standard InChI is InChI=1S/C20H28O3/c1-5-19(4)10-7-14-13(12-19)15(21)11-16-18(2,3)8-6-9-20(14,16)17(22)23/h5,12,14,16H,1,6-11H2,2-4H3,(H,22,23)/t14-,16-,19+,20+/m1/s1. The van der Waals surface area contributed by atoms with Crippen LogP contribution in [0.25, 0.3) is 0 Å². The number of aliphatic carboxylic acids is 1. The molecule has 0 unspecified atom stereocenters. The summed E-state index contributed by atoms with van der Waals surface area (Å²) in [5.74, 6) is -0.705. The zero-order chi connectivity index (χ0) is 17.0. The van der Waals surface area contributed by atoms with Crippen molar-refractivity contribution in [3.05, 3.63) is 24.3 Å². The van der Waals surface area contributed by atoms with Crippen molar-refractivity contribution in [2.24, 2.45) is 28.1 Å². The van der Waals surface area contributed by atoms with Crippen molar-refractivity contribution in [3.63, 3.8) is 0 Å². The van der Waals surface area contributed by atoms with Gasteiger partial charge in [-0.05, 0) is 42.6 Å². The number of Topliss-reactive ketones (excluding diaryl/α,β-unsaturated/α-hetero) is 1. The summed E-state index contributed by atoms with van der Waals surface area (Å²) in [6.45, 7) is 10.3. The van der Waals surface area contributed by atoms with Gasteiger partial charge in [0.15, 0.2) is 5.78 Å². The maximum Gasteiger partial charge on any atom is 0.310 e. The number of rotatable bonds is 2. The Labute approximate surface area is 138 Å². The number of carboxylic acids is 1. The molecule has 3 nitrogen and oxygen atoms in total. The molecule has 0 bridgehead atoms. The van der Waals surface area contributed by atoms with Gasteiger partial charge in [-0.1, -0.05) is 39.3 Å². The molecule has 3 aliphatic carbocycles. The Morgan fingerprint density at radius 3 is 2.61 bits per heavy atom. The van der Waals surface area contributed by atoms with Gasteiger partial charge in [0, 0.05) is 17.8 Å². The average Bonchev–Trinajstić information content (AvgIpc) is 2.48. The van der Waals surface area contributed by atoms with Crippen LogP contribution in [0.1, 0.15) is 59.3 Å². The molecular weight excluding hydrogens is 288 g/mol. The zero-order valence-corrected chi connectivity index (χ0v) is 14.5. The van der Waals surface area contributed by atoms with Gasteiger partial charge in [-0.15, -0.1) is 6.58 Å². The fourth-order valence-corrected chi connectivity index (χ4v) is 5.58. The van der Waals surface area contributed by atoms with E-state index in [2.05, 4.69) is 27.4 Å². The predicted molar refractivity (Wildman–Crippen MR) is 89.9 cm³/mol. The lowest BCUT2D eigenvalue weighted by molar-refractivity contribution is -0.172. The van der Waals surface area contributed by atoms with Gasteiger partial charge in [-0.2, -0.15) is 0 Å². The number of fused-ring (bicyclic) bond motifs is 3. The average molecular weight is 316 g/mol. The van der Waals surface area contributed by atoms with Crippen molar-refractivity contribution >= 4 is 11.8 Å². The van der Waals surface area contributed by atoms with E-state index in [1.807, 2.05) is 12.2 Å². The number of carbonyl (C=O) groups is 2. The lowest BCUT2D eigenvalue weighted by Crippen LogP contribution is -2.58. The van der Waals surface area contributed by atoms with E-state index < -0.39 is 11.4 Å². The molecule has 0 aliphatic heterocycles. The topological polar surface area (TPSA) is 54.4 Å². The first-order valence-electron chi connectivity index (χ1n) is 8.79. The van der Waals surface area contributed by atoms with Crippen LogP contribution in [0.5, 0.6) is 0 Å². The molecular formula is C20H28O3. The number of allylic oxidation sites excluding steroid dienone is 3. The molecule has 0 aromatic carbocycles. The Bertz CT molecular complexity index is 600. The van der Waals surface area contributed by atoms with Crippen molar-refractivity contribution < 1.29 is 14.7 Å². The number of carboxylic acid groups (broad SMARTS) is 1. The molecule has 0 saturated heterocycles. The van der Waals surface area contributed by atoms with E-state index in [0.29, 0.717) is 12.8 Å². The minimum atomic E-state index is -0.760. The molecule has 0 aromatic rings. The van der Waals surface area contributed by atoms with Crippen LogP contribution >= 0.6 is 0 Å². The molecule has 3 heteroatoms. The molecule has 0 aromatic heterocycles. The van der Waals surface area contributed by atoms with Crippen LogP contribution < -0.4 is 0 Å². The van der Waals surface area contributed by atoms with Crippen LogP contribution in [0.15, 0.2) is 24.3 Å². The summed E-state index contributed by atoms with van der Waals surface area (Å²) in [4.78, 5) is 25.3. The zero-order valence-electron chi connectivity index (χ0n) is 14.5. The van der Waals surface area contributed by atoms with Crippen LogP contribution in [0.4, 0.5) is 0 Å². The Balaban J connectivity index is 2.15. The molecule has 2 saturated carbocycles. The maximum atomic E-state index is 12.8. The SMILES string of the molecule is C=C[C@]1(C)C=C2C(=O)C[C@@H]3C(C)(C)CCC[C@]3(C(=O)O)[C@@H]2CC1. The largest absolute Gasteiger partial charge is 0.481 e. The number of hydrogen-bond acceptors (Lipinski definition) is 2. The third-order valence-electron chi connectivity index (χ3n) is 7.01. The molecule has 2 fully saturated rings. The van der Waals surface area contributed by atoms with Crippen LogP contribution in [-0.4, -0.2) is 16.9 Å². The van der Waals surface area contributed by atoms with E-state index in [0.717, 1.165) is 31.3 Å². The predicted octanol–water partition coefficient (Wildman–Crippen LogP) is 4.39. The molecule has 126 valence electrons. The van der Waals surface area contributed by atoms with E-state index in [1.54, 1.807) is 0 Å². The van der Waals surface area contributed by atoms with E-state index in [1.165, 1.54) is 0 Å². The number of hydrogen-bond donors (Lipinski definition) is 1. The minimum Gasteiger partial charge on any atom is -0.481 e. The summed E-state index contributed by atoms with van der Waals surface area (Å²) in [5, 5.41) is 10.2. The Kier molecular flexibility index (Phi) is 3.62. The highest BCUT2D eigenvalue weighted by atomic mass is 16.4. The highest BCUT2D eigenvalue weighted by Gasteiger charge is 2.63. The fourth-order valence-electron chi connectivity index (χ4n) is 5.58. The monoisotopic (exact) mass is 316 g/mol. The van der Waals surface area contributed by atoms with Crippen molar-refractivity contribution in [2.75, 3.05) is 0 Å². The van der Waals surface area contributed by atoms with Gasteiger partial charge >= 0.3 is 5.97 Å². The van der Waals surface area contributed by atoms with Crippen LogP contribution in [0.3, 0.4) is 0 Å². The highest BCUT2D eigenvalue weighted by molar-refractivity contribution is 5.99. The van der Waals surface area contributed by atoms with E-state index in [-0.39, 0.29) is 28.4 Å². The molecule has 1 N–H and O–H groups in total. The van der Waals surface area contributed by atoms with Gasteiger partial charge in [0.25, 0.3) is 0 Å². The Morgan fingerprint density at radius 1 is 1.30 bits per heavy atom. The molecule has 23 heavy (non-hydrogen) atoms. The summed E-state index contributed by atoms with van der Waals surface area (Å²) < 4.78 is 0. The van der Waals surface area contributed by atoms with Gasteiger partial charge in [-0.25, -0.2) is 0 Å². The molecule has 4 atom stereocenters. The summed E-state index contributed by atoms with van der Waals surface area (Å²) in [6.07, 6.45) is 8.61. The normalized spacial score (nSPS) is 42.2. The van der Waals surface area contributed by atoms with Crippen molar-refractivity contribution in [3.8, 4) is 0 Å². The second kappa shape index (κ2) is 5.06. The van der Waals surface area contributed by atoms with Gasteiger partial charge in [-0.3, -0.25) is 9.59 Å². The second-order valence-corrected chi connectivity index (χ2v) is 8.77. The second-order valence-electron chi connectivity index (χ2n) is 8.77. The third kappa shape index (κ3) is 2.23. The van der Waals surface area contributed by atoms with Crippen LogP contribution in [-0.2, 0) is 9.59 Å². The molecule has 3 aliphatic rings. The van der Waals surface area contributed by atoms with Gasteiger partial charge in [0.05, 0.1) is 5.41 Å². The molecule has 3 rings (SSSR count). The molecule has 0 heterocycles. The Morgan fingerprint density at radius 2 is 2.00 bits per heavy atom. The van der Waals surface area contributed by atoms with Gasteiger partial charge in [0.1, 0.15) is 0 Å².